The maximum absolute atomic E-state index is 14.4. The molecule has 0 aromatic carbocycles. The van der Waals surface area contributed by atoms with E-state index in [1.165, 1.54) is 18.2 Å². The first kappa shape index (κ1) is 19.1. The molecule has 1 aromatic heterocycles. The molecule has 8 heteroatoms. The van der Waals surface area contributed by atoms with Gasteiger partial charge in [-0.2, -0.15) is 0 Å². The fourth-order valence-corrected chi connectivity index (χ4v) is 3.25. The Morgan fingerprint density at radius 1 is 1.46 bits per heavy atom. The second kappa shape index (κ2) is 6.97. The van der Waals surface area contributed by atoms with Crippen LogP contribution >= 0.6 is 22.6 Å². The normalized spacial score (nSPS) is 20.6. The highest BCUT2D eigenvalue weighted by molar-refractivity contribution is 14.1. The molecule has 0 bridgehead atoms. The van der Waals surface area contributed by atoms with Crippen LogP contribution in [0.3, 0.4) is 0 Å². The molecule has 1 aromatic rings. The van der Waals surface area contributed by atoms with Gasteiger partial charge in [-0.05, 0) is 55.0 Å². The molecular weight excluding hydrogens is 433 g/mol. The summed E-state index contributed by atoms with van der Waals surface area (Å²) in [5.74, 6) is -3.63. The van der Waals surface area contributed by atoms with Gasteiger partial charge in [-0.1, -0.05) is 0 Å². The summed E-state index contributed by atoms with van der Waals surface area (Å²) in [6.45, 7) is 5.11. The van der Waals surface area contributed by atoms with E-state index in [0.717, 1.165) is 0 Å². The van der Waals surface area contributed by atoms with Gasteiger partial charge in [0, 0.05) is 25.7 Å². The Labute approximate surface area is 153 Å². The average Bonchev–Trinajstić information content (AvgIpc) is 2.45. The number of carbonyl (C=O) groups is 1. The molecule has 1 aliphatic heterocycles. The van der Waals surface area contributed by atoms with Gasteiger partial charge in [0.2, 0.25) is 5.88 Å². The number of hydrogen-bond donors (Lipinski definition) is 0. The summed E-state index contributed by atoms with van der Waals surface area (Å²) in [4.78, 5) is 17.6. The van der Waals surface area contributed by atoms with Crippen molar-refractivity contribution in [2.75, 3.05) is 20.2 Å². The Balaban J connectivity index is 2.23. The molecule has 0 spiro atoms. The van der Waals surface area contributed by atoms with Crippen LogP contribution in [0.15, 0.2) is 12.3 Å². The number of ether oxygens (including phenoxy) is 2. The molecule has 2 heterocycles. The van der Waals surface area contributed by atoms with Crippen LogP contribution in [0.25, 0.3) is 0 Å². The molecule has 0 N–H and O–H groups in total. The Morgan fingerprint density at radius 2 is 2.12 bits per heavy atom. The smallest absolute Gasteiger partial charge is 0.410 e. The van der Waals surface area contributed by atoms with E-state index in [1.807, 2.05) is 22.6 Å². The van der Waals surface area contributed by atoms with E-state index < -0.39 is 30.0 Å². The molecule has 1 unspecified atom stereocenters. The summed E-state index contributed by atoms with van der Waals surface area (Å²) in [7, 11) is 1.48. The van der Waals surface area contributed by atoms with Gasteiger partial charge in [0.05, 0.1) is 16.6 Å². The van der Waals surface area contributed by atoms with E-state index in [2.05, 4.69) is 4.98 Å². The zero-order chi connectivity index (χ0) is 18.1. The van der Waals surface area contributed by atoms with Gasteiger partial charge < -0.3 is 14.4 Å². The van der Waals surface area contributed by atoms with E-state index in [4.69, 9.17) is 9.47 Å². The summed E-state index contributed by atoms with van der Waals surface area (Å²) >= 11 is 1.99. The van der Waals surface area contributed by atoms with Crippen LogP contribution in [0.2, 0.25) is 0 Å². The molecule has 0 saturated carbocycles. The molecule has 2 rings (SSSR count). The molecule has 1 aliphatic rings. The second-order valence-corrected chi connectivity index (χ2v) is 7.91. The van der Waals surface area contributed by atoms with E-state index in [-0.39, 0.29) is 13.1 Å². The Morgan fingerprint density at radius 3 is 2.67 bits per heavy atom. The fraction of sp³-hybridized carbons (Fsp3) is 0.625. The minimum atomic E-state index is -2.90. The molecule has 24 heavy (non-hydrogen) atoms. The average molecular weight is 454 g/mol. The molecule has 0 radical (unpaired) electrons. The summed E-state index contributed by atoms with van der Waals surface area (Å²) in [5.41, 5.74) is -0.276. The summed E-state index contributed by atoms with van der Waals surface area (Å²) < 4.78 is 39.8. The molecule has 1 amide bonds. The number of pyridine rings is 1. The minimum Gasteiger partial charge on any atom is -0.480 e. The maximum atomic E-state index is 14.4. The number of likely N-dealkylation sites (tertiary alicyclic amines) is 1. The molecule has 0 aliphatic carbocycles. The van der Waals surface area contributed by atoms with Crippen molar-refractivity contribution in [2.45, 2.75) is 44.6 Å². The first-order valence-corrected chi connectivity index (χ1v) is 8.66. The molecule has 1 atom stereocenters. The van der Waals surface area contributed by atoms with E-state index in [9.17, 15) is 13.6 Å². The number of aromatic nitrogens is 1. The summed E-state index contributed by atoms with van der Waals surface area (Å²) in [6.07, 6.45) is 0.414. The second-order valence-electron chi connectivity index (χ2n) is 6.75. The zero-order valence-electron chi connectivity index (χ0n) is 14.1. The zero-order valence-corrected chi connectivity index (χ0v) is 16.3. The molecule has 1 fully saturated rings. The van der Waals surface area contributed by atoms with Crippen molar-refractivity contribution in [2.24, 2.45) is 0 Å². The maximum Gasteiger partial charge on any atom is 0.410 e. The van der Waals surface area contributed by atoms with Crippen LogP contribution in [0.1, 0.15) is 38.7 Å². The number of amides is 1. The van der Waals surface area contributed by atoms with E-state index >= 15 is 0 Å². The van der Waals surface area contributed by atoms with Crippen molar-refractivity contribution in [3.63, 3.8) is 0 Å². The number of methoxy groups -OCH3 is 1. The highest BCUT2D eigenvalue weighted by Crippen LogP contribution is 2.41. The first-order valence-electron chi connectivity index (χ1n) is 7.58. The third-order valence-electron chi connectivity index (χ3n) is 3.70. The Bertz CT molecular complexity index is 620. The predicted molar refractivity (Wildman–Crippen MR) is 93.6 cm³/mol. The lowest BCUT2D eigenvalue weighted by Crippen LogP contribution is -2.49. The van der Waals surface area contributed by atoms with Crippen molar-refractivity contribution in [1.29, 1.82) is 0 Å². The Hall–Kier alpha value is -1.19. The van der Waals surface area contributed by atoms with Crippen molar-refractivity contribution in [1.82, 2.24) is 9.88 Å². The van der Waals surface area contributed by atoms with Gasteiger partial charge in [0.1, 0.15) is 5.60 Å². The van der Waals surface area contributed by atoms with E-state index in [0.29, 0.717) is 15.0 Å². The number of alkyl halides is 2. The lowest BCUT2D eigenvalue weighted by atomic mass is 9.88. The van der Waals surface area contributed by atoms with Crippen LogP contribution in [-0.2, 0) is 4.74 Å². The predicted octanol–water partition coefficient (Wildman–Crippen LogP) is 4.05. The monoisotopic (exact) mass is 454 g/mol. The topological polar surface area (TPSA) is 51.7 Å². The standard InChI is InChI=1S/C16H21F2IN2O3/c1-15(2,3)24-14(22)21-6-5-16(17,18)11(9-21)10-7-12(19)13(23-4)20-8-10/h7-8,11H,5-6,9H2,1-4H3. The number of rotatable bonds is 2. The quantitative estimate of drug-likeness (QED) is 0.633. The van der Waals surface area contributed by atoms with Gasteiger partial charge in [-0.25, -0.2) is 18.6 Å². The van der Waals surface area contributed by atoms with E-state index in [1.54, 1.807) is 26.8 Å². The first-order chi connectivity index (χ1) is 11.0. The van der Waals surface area contributed by atoms with Crippen molar-refractivity contribution < 1.29 is 23.0 Å². The summed E-state index contributed by atoms with van der Waals surface area (Å²) in [6, 6.07) is 1.63. The third-order valence-corrected chi connectivity index (χ3v) is 4.48. The number of hydrogen-bond acceptors (Lipinski definition) is 4. The highest BCUT2D eigenvalue weighted by atomic mass is 127. The number of piperidine rings is 1. The molecular formula is C16H21F2IN2O3. The van der Waals surface area contributed by atoms with Crippen LogP contribution in [0.5, 0.6) is 5.88 Å². The molecule has 5 nitrogen and oxygen atoms in total. The van der Waals surface area contributed by atoms with Gasteiger partial charge in [0.25, 0.3) is 5.92 Å². The third kappa shape index (κ3) is 4.46. The molecule has 134 valence electrons. The lowest BCUT2D eigenvalue weighted by molar-refractivity contribution is -0.0772. The number of nitrogens with zero attached hydrogens (tertiary/aromatic N) is 2. The van der Waals surface area contributed by atoms with Crippen LogP contribution < -0.4 is 4.74 Å². The van der Waals surface area contributed by atoms with Crippen LogP contribution in [0, 0.1) is 3.57 Å². The SMILES string of the molecule is COc1ncc(C2CN(C(=O)OC(C)(C)C)CCC2(F)F)cc1I. The highest BCUT2D eigenvalue weighted by Gasteiger charge is 2.46. The fourth-order valence-electron chi connectivity index (χ4n) is 2.53. The number of halogens is 3. The van der Waals surface area contributed by atoms with Gasteiger partial charge in [-0.3, -0.25) is 0 Å². The van der Waals surface area contributed by atoms with Gasteiger partial charge >= 0.3 is 6.09 Å². The van der Waals surface area contributed by atoms with Crippen molar-refractivity contribution in [3.05, 3.63) is 21.4 Å². The Kier molecular flexibility index (Phi) is 5.56. The van der Waals surface area contributed by atoms with Crippen LogP contribution in [-0.4, -0.2) is 47.7 Å². The van der Waals surface area contributed by atoms with Gasteiger partial charge in [0.15, 0.2) is 0 Å². The largest absolute Gasteiger partial charge is 0.480 e. The van der Waals surface area contributed by atoms with Crippen molar-refractivity contribution in [3.8, 4) is 5.88 Å². The lowest BCUT2D eigenvalue weighted by Gasteiger charge is -2.39. The summed E-state index contributed by atoms with van der Waals surface area (Å²) in [5, 5.41) is 0. The number of carbonyl (C=O) groups excluding carboxylic acids is 1. The van der Waals surface area contributed by atoms with Crippen LogP contribution in [0.4, 0.5) is 13.6 Å². The minimum absolute atomic E-state index is 0.0287. The molecule has 1 saturated heterocycles. The van der Waals surface area contributed by atoms with Crippen molar-refractivity contribution >= 4 is 28.7 Å². The van der Waals surface area contributed by atoms with Gasteiger partial charge in [-0.15, -0.1) is 0 Å².